The van der Waals surface area contributed by atoms with Crippen LogP contribution in [0.5, 0.6) is 0 Å². The Morgan fingerprint density at radius 3 is 1.47 bits per heavy atom. The van der Waals surface area contributed by atoms with Gasteiger partial charge in [-0.25, -0.2) is 9.59 Å². The van der Waals surface area contributed by atoms with Crippen LogP contribution in [0, 0.1) is 0 Å². The molecule has 0 bridgehead atoms. The van der Waals surface area contributed by atoms with Crippen LogP contribution in [0.15, 0.2) is 25.3 Å². The van der Waals surface area contributed by atoms with Gasteiger partial charge in [0.1, 0.15) is 11.2 Å². The lowest BCUT2D eigenvalue weighted by molar-refractivity contribution is -0.163. The van der Waals surface area contributed by atoms with Crippen LogP contribution in [0.4, 0.5) is 0 Å². The third-order valence-electron chi connectivity index (χ3n) is 1.94. The van der Waals surface area contributed by atoms with Gasteiger partial charge in [-0.3, -0.25) is 0 Å². The number of rotatable bonds is 6. The molecule has 4 nitrogen and oxygen atoms in total. The van der Waals surface area contributed by atoms with Gasteiger partial charge in [0.05, 0.1) is 0 Å². The van der Waals surface area contributed by atoms with Crippen LogP contribution < -0.4 is 0 Å². The van der Waals surface area contributed by atoms with Gasteiger partial charge in [0, 0.05) is 18.6 Å². The molecule has 17 heavy (non-hydrogen) atoms. The maximum atomic E-state index is 11.1. The molecule has 0 fully saturated rings. The number of carbonyl (C=O) groups excluding carboxylic acids is 2. The molecule has 0 aliphatic rings. The van der Waals surface area contributed by atoms with Crippen LogP contribution in [0.25, 0.3) is 0 Å². The van der Waals surface area contributed by atoms with Crippen molar-refractivity contribution in [3.63, 3.8) is 0 Å². The number of hydrogen-bond acceptors (Lipinski definition) is 4. The summed E-state index contributed by atoms with van der Waals surface area (Å²) in [6, 6.07) is 0. The molecule has 0 saturated heterocycles. The Kier molecular flexibility index (Phi) is 5.13. The lowest BCUT2D eigenvalue weighted by atomic mass is 9.92. The van der Waals surface area contributed by atoms with Crippen LogP contribution in [0.1, 0.15) is 34.1 Å². The zero-order valence-electron chi connectivity index (χ0n) is 10.9. The average Bonchev–Trinajstić information content (AvgIpc) is 2.13. The highest BCUT2D eigenvalue weighted by atomic mass is 16.6. The van der Waals surface area contributed by atoms with Crippen LogP contribution in [-0.4, -0.2) is 23.1 Å². The second-order valence-electron chi connectivity index (χ2n) is 4.95. The molecule has 0 unspecified atom stereocenters. The van der Waals surface area contributed by atoms with Gasteiger partial charge in [0.2, 0.25) is 0 Å². The Morgan fingerprint density at radius 2 is 1.24 bits per heavy atom. The Hall–Kier alpha value is -1.58. The lowest BCUT2D eigenvalue weighted by Crippen LogP contribution is -2.39. The highest BCUT2D eigenvalue weighted by Gasteiger charge is 2.33. The van der Waals surface area contributed by atoms with Gasteiger partial charge in [-0.15, -0.1) is 0 Å². The summed E-state index contributed by atoms with van der Waals surface area (Å²) in [6.45, 7) is 13.7. The van der Waals surface area contributed by atoms with Crippen molar-refractivity contribution in [3.05, 3.63) is 25.3 Å². The minimum Gasteiger partial charge on any atom is -0.456 e. The predicted molar refractivity (Wildman–Crippen MR) is 65.4 cm³/mol. The summed E-state index contributed by atoms with van der Waals surface area (Å²) >= 11 is 0. The molecule has 0 aliphatic heterocycles. The molecule has 0 N–H and O–H groups in total. The van der Waals surface area contributed by atoms with Crippen molar-refractivity contribution >= 4 is 11.9 Å². The van der Waals surface area contributed by atoms with Crippen LogP contribution in [-0.2, 0) is 19.1 Å². The van der Waals surface area contributed by atoms with Gasteiger partial charge in [-0.1, -0.05) is 13.2 Å². The van der Waals surface area contributed by atoms with E-state index in [0.717, 1.165) is 12.2 Å². The van der Waals surface area contributed by atoms with Crippen molar-refractivity contribution < 1.29 is 19.1 Å². The molecule has 96 valence electrons. The monoisotopic (exact) mass is 240 g/mol. The van der Waals surface area contributed by atoms with Gasteiger partial charge in [-0.05, 0) is 27.7 Å². The Bertz CT molecular complexity index is 294. The SMILES string of the molecule is C=CC(=O)OC(C)(C)CC(C)(C)OC(=O)C=C. The van der Waals surface area contributed by atoms with Crippen molar-refractivity contribution in [2.75, 3.05) is 0 Å². The molecule has 0 aliphatic carbocycles. The summed E-state index contributed by atoms with van der Waals surface area (Å²) in [5.41, 5.74) is -1.48. The fourth-order valence-corrected chi connectivity index (χ4v) is 1.73. The first-order valence-corrected chi connectivity index (χ1v) is 5.33. The van der Waals surface area contributed by atoms with Crippen molar-refractivity contribution in [1.29, 1.82) is 0 Å². The molecule has 4 heteroatoms. The molecule has 0 heterocycles. The average molecular weight is 240 g/mol. The van der Waals surface area contributed by atoms with E-state index < -0.39 is 23.1 Å². The van der Waals surface area contributed by atoms with E-state index in [0.29, 0.717) is 6.42 Å². The molecule has 0 aromatic heterocycles. The largest absolute Gasteiger partial charge is 0.456 e. The molecule has 0 rings (SSSR count). The maximum absolute atomic E-state index is 11.1. The maximum Gasteiger partial charge on any atom is 0.330 e. The minimum absolute atomic E-state index is 0.374. The first kappa shape index (κ1) is 15.4. The number of carbonyl (C=O) groups is 2. The van der Waals surface area contributed by atoms with Gasteiger partial charge in [-0.2, -0.15) is 0 Å². The van der Waals surface area contributed by atoms with Gasteiger partial charge in [0.15, 0.2) is 0 Å². The summed E-state index contributed by atoms with van der Waals surface area (Å²) in [5, 5.41) is 0. The third-order valence-corrected chi connectivity index (χ3v) is 1.94. The molecular weight excluding hydrogens is 220 g/mol. The van der Waals surface area contributed by atoms with Crippen molar-refractivity contribution in [2.24, 2.45) is 0 Å². The highest BCUT2D eigenvalue weighted by molar-refractivity contribution is 5.82. The smallest absolute Gasteiger partial charge is 0.330 e. The van der Waals surface area contributed by atoms with Crippen molar-refractivity contribution in [3.8, 4) is 0 Å². The zero-order valence-corrected chi connectivity index (χ0v) is 10.9. The fraction of sp³-hybridized carbons (Fsp3) is 0.538. The van der Waals surface area contributed by atoms with E-state index >= 15 is 0 Å². The second kappa shape index (κ2) is 5.66. The van der Waals surface area contributed by atoms with Crippen molar-refractivity contribution in [1.82, 2.24) is 0 Å². The Morgan fingerprint density at radius 1 is 0.941 bits per heavy atom. The predicted octanol–water partition coefficient (Wildman–Crippen LogP) is 2.39. The van der Waals surface area contributed by atoms with Crippen LogP contribution in [0.2, 0.25) is 0 Å². The number of ether oxygens (including phenoxy) is 2. The molecular formula is C13H20O4. The summed E-state index contributed by atoms with van der Waals surface area (Å²) in [4.78, 5) is 22.3. The molecule has 0 radical (unpaired) electrons. The van der Waals surface area contributed by atoms with Crippen molar-refractivity contribution in [2.45, 2.75) is 45.3 Å². The third kappa shape index (κ3) is 6.56. The lowest BCUT2D eigenvalue weighted by Gasteiger charge is -2.33. The molecule has 0 saturated carbocycles. The van der Waals surface area contributed by atoms with Crippen LogP contribution >= 0.6 is 0 Å². The summed E-state index contributed by atoms with van der Waals surface area (Å²) in [6.07, 6.45) is 2.58. The summed E-state index contributed by atoms with van der Waals surface area (Å²) in [5.74, 6) is -0.998. The molecule has 0 aromatic carbocycles. The van der Waals surface area contributed by atoms with E-state index in [4.69, 9.17) is 9.47 Å². The standard InChI is InChI=1S/C13H20O4/c1-7-10(14)16-12(3,4)9-13(5,6)17-11(15)8-2/h7-8H,1-2,9H2,3-6H3. The molecule has 0 amide bonds. The van der Waals surface area contributed by atoms with E-state index in [9.17, 15) is 9.59 Å². The van der Waals surface area contributed by atoms with E-state index in [1.807, 2.05) is 0 Å². The zero-order chi connectivity index (χ0) is 13.7. The first-order valence-electron chi connectivity index (χ1n) is 5.33. The second-order valence-corrected chi connectivity index (χ2v) is 4.95. The Balaban J connectivity index is 4.56. The van der Waals surface area contributed by atoms with E-state index in [1.54, 1.807) is 27.7 Å². The van der Waals surface area contributed by atoms with Crippen LogP contribution in [0.3, 0.4) is 0 Å². The van der Waals surface area contributed by atoms with Gasteiger partial charge < -0.3 is 9.47 Å². The highest BCUT2D eigenvalue weighted by Crippen LogP contribution is 2.26. The summed E-state index contributed by atoms with van der Waals surface area (Å²) < 4.78 is 10.3. The van der Waals surface area contributed by atoms with E-state index in [2.05, 4.69) is 13.2 Å². The van der Waals surface area contributed by atoms with E-state index in [1.165, 1.54) is 0 Å². The molecule has 0 atom stereocenters. The van der Waals surface area contributed by atoms with E-state index in [-0.39, 0.29) is 0 Å². The number of esters is 2. The quantitative estimate of drug-likeness (QED) is 0.528. The minimum atomic E-state index is -0.740. The molecule has 0 aromatic rings. The fourth-order valence-electron chi connectivity index (χ4n) is 1.73. The topological polar surface area (TPSA) is 52.6 Å². The Labute approximate surface area is 102 Å². The normalized spacial score (nSPS) is 11.5. The van der Waals surface area contributed by atoms with Gasteiger partial charge >= 0.3 is 11.9 Å². The molecule has 0 spiro atoms. The number of hydrogen-bond donors (Lipinski definition) is 0. The first-order chi connectivity index (χ1) is 7.62. The van der Waals surface area contributed by atoms with Gasteiger partial charge in [0.25, 0.3) is 0 Å². The summed E-state index contributed by atoms with van der Waals surface area (Å²) in [7, 11) is 0.